The van der Waals surface area contributed by atoms with Gasteiger partial charge in [0, 0.05) is 19.2 Å². The molecule has 1 aliphatic rings. The normalized spacial score (nSPS) is 15.0. The number of hydrogen-bond donors (Lipinski definition) is 2. The van der Waals surface area contributed by atoms with E-state index in [1.807, 2.05) is 5.38 Å². The van der Waals surface area contributed by atoms with Gasteiger partial charge in [0.05, 0.1) is 11.4 Å². The molecule has 2 heterocycles. The molecule has 0 bridgehead atoms. The highest BCUT2D eigenvalue weighted by molar-refractivity contribution is 7.09. The molecule has 7 nitrogen and oxygen atoms in total. The van der Waals surface area contributed by atoms with Crippen LogP contribution in [-0.2, 0) is 11.3 Å². The van der Waals surface area contributed by atoms with Crippen molar-refractivity contribution in [1.29, 1.82) is 0 Å². The number of H-pyrrole nitrogens is 1. The van der Waals surface area contributed by atoms with Gasteiger partial charge in [-0.05, 0) is 41.5 Å². The molecule has 1 unspecified atom stereocenters. The number of rotatable bonds is 4. The van der Waals surface area contributed by atoms with E-state index in [4.69, 9.17) is 9.90 Å². The molecule has 0 fully saturated rings. The minimum absolute atomic E-state index is 0.0697. The molecule has 3 aromatic rings. The Kier molecular flexibility index (Phi) is 8.48. The monoisotopic (exact) mass is 542 g/mol. The quantitative estimate of drug-likeness (QED) is 0.460. The number of phenols is 1. The zero-order valence-electron chi connectivity index (χ0n) is 19.2. The van der Waals surface area contributed by atoms with Crippen molar-refractivity contribution in [2.45, 2.75) is 18.8 Å². The van der Waals surface area contributed by atoms with Gasteiger partial charge in [0.15, 0.2) is 6.20 Å². The number of aromatic amines is 1. The van der Waals surface area contributed by atoms with E-state index in [0.29, 0.717) is 17.7 Å². The molecule has 1 aromatic heterocycles. The molecule has 196 valence electrons. The number of aliphatic carboxylic acids is 1. The fourth-order valence-electron chi connectivity index (χ4n) is 3.57. The molecular formula is C24H21F5N3O4S+. The molecule has 2 amide bonds. The summed E-state index contributed by atoms with van der Waals surface area (Å²) in [6.07, 6.45) is -1.54. The second kappa shape index (κ2) is 11.4. The number of aromatic hydroxyl groups is 1. The van der Waals surface area contributed by atoms with E-state index in [2.05, 4.69) is 4.98 Å². The lowest BCUT2D eigenvalue weighted by Gasteiger charge is -2.29. The fraction of sp³-hybridized carbons (Fsp3) is 0.208. The topological polar surface area (TPSA) is 95.2 Å². The number of amides is 2. The average molecular weight is 543 g/mol. The third-order valence-electron chi connectivity index (χ3n) is 5.24. The third-order valence-corrected chi connectivity index (χ3v) is 6.04. The lowest BCUT2D eigenvalue weighted by molar-refractivity contribution is -0.384. The highest BCUT2D eigenvalue weighted by Crippen LogP contribution is 2.37. The first kappa shape index (κ1) is 27.6. The van der Waals surface area contributed by atoms with Gasteiger partial charge in [0.2, 0.25) is 0 Å². The number of nitrogens with one attached hydrogen (secondary N) is 1. The average Bonchev–Trinajstić information content (AvgIpc) is 3.50. The maximum atomic E-state index is 14.4. The van der Waals surface area contributed by atoms with E-state index in [0.717, 1.165) is 23.2 Å². The van der Waals surface area contributed by atoms with Crippen LogP contribution in [-0.4, -0.2) is 51.8 Å². The van der Waals surface area contributed by atoms with Crippen molar-refractivity contribution in [3.63, 3.8) is 0 Å². The van der Waals surface area contributed by atoms with Crippen LogP contribution in [0.15, 0.2) is 60.1 Å². The van der Waals surface area contributed by atoms with Crippen LogP contribution in [0.5, 0.6) is 5.75 Å². The Morgan fingerprint density at radius 3 is 2.49 bits per heavy atom. The van der Waals surface area contributed by atoms with E-state index >= 15 is 0 Å². The maximum absolute atomic E-state index is 14.4. The molecule has 1 aliphatic heterocycles. The molecule has 13 heteroatoms. The molecule has 0 saturated carbocycles. The summed E-state index contributed by atoms with van der Waals surface area (Å²) in [5.41, 5.74) is 1.33. The number of carbonyl (C=O) groups is 2. The zero-order valence-corrected chi connectivity index (χ0v) is 20.0. The lowest BCUT2D eigenvalue weighted by atomic mass is 10.0. The van der Waals surface area contributed by atoms with Crippen molar-refractivity contribution in [1.82, 2.24) is 9.80 Å². The Hall–Kier alpha value is -4.00. The van der Waals surface area contributed by atoms with Crippen molar-refractivity contribution in [3.8, 4) is 5.75 Å². The van der Waals surface area contributed by atoms with Gasteiger partial charge in [0.1, 0.15) is 23.9 Å². The van der Waals surface area contributed by atoms with Gasteiger partial charge in [-0.25, -0.2) is 23.4 Å². The van der Waals surface area contributed by atoms with Crippen molar-refractivity contribution in [2.24, 2.45) is 0 Å². The number of carbonyl (C=O) groups excluding carboxylic acids is 1. The largest absolute Gasteiger partial charge is 0.508 e. The lowest BCUT2D eigenvalue weighted by Crippen LogP contribution is -2.41. The standard InChI is InChI=1S/C22H19F2N3O2S.C2HF3O2/c1-26(13-21-25-7-8-30-21)22(29)27-12-15(18-11-16(23)5-6-19(18)24)10-20(27)14-3-2-4-17(28)9-14;3-2(4,5)1(6)7/h2-11,20,28H,12-13H2,1H3;(H,6,7)/p+1. The molecule has 37 heavy (non-hydrogen) atoms. The maximum Gasteiger partial charge on any atom is 0.490 e. The highest BCUT2D eigenvalue weighted by Gasteiger charge is 2.38. The number of thiazole rings is 1. The molecule has 0 radical (unpaired) electrons. The summed E-state index contributed by atoms with van der Waals surface area (Å²) < 4.78 is 59.9. The second-order valence-electron chi connectivity index (χ2n) is 7.91. The van der Waals surface area contributed by atoms with Crippen LogP contribution in [0.4, 0.5) is 26.7 Å². The van der Waals surface area contributed by atoms with Crippen LogP contribution in [0, 0.1) is 11.6 Å². The number of urea groups is 1. The number of phenolic OH excluding ortho intramolecular Hbond substituents is 1. The zero-order chi connectivity index (χ0) is 27.3. The van der Waals surface area contributed by atoms with Gasteiger partial charge in [-0.3, -0.25) is 0 Å². The number of aromatic nitrogens is 1. The second-order valence-corrected chi connectivity index (χ2v) is 8.91. The molecule has 0 spiro atoms. The van der Waals surface area contributed by atoms with Crippen molar-refractivity contribution in [3.05, 3.63) is 87.9 Å². The van der Waals surface area contributed by atoms with Gasteiger partial charge in [0.25, 0.3) is 5.01 Å². The molecule has 0 aliphatic carbocycles. The van der Waals surface area contributed by atoms with Gasteiger partial charge in [-0.1, -0.05) is 29.5 Å². The van der Waals surface area contributed by atoms with Crippen LogP contribution in [0.25, 0.3) is 5.57 Å². The first-order chi connectivity index (χ1) is 17.4. The van der Waals surface area contributed by atoms with Crippen molar-refractivity contribution < 1.29 is 46.7 Å². The highest BCUT2D eigenvalue weighted by atomic mass is 32.1. The van der Waals surface area contributed by atoms with E-state index in [9.17, 15) is 31.9 Å². The SMILES string of the molecule is CN(Cc1[nH+]ccs1)C(=O)N1CC(c2cc(F)ccc2F)=CC1c1cccc(O)c1.O=C(O)C(F)(F)F. The number of hydrogen-bond acceptors (Lipinski definition) is 4. The molecule has 3 N–H and O–H groups in total. The Morgan fingerprint density at radius 2 is 1.89 bits per heavy atom. The smallest absolute Gasteiger partial charge is 0.490 e. The first-order valence-corrected chi connectivity index (χ1v) is 11.5. The van der Waals surface area contributed by atoms with Crippen LogP contribution in [0.2, 0.25) is 0 Å². The van der Waals surface area contributed by atoms with Gasteiger partial charge in [-0.2, -0.15) is 13.2 Å². The number of carboxylic acids is 1. The minimum atomic E-state index is -5.08. The molecule has 4 rings (SSSR count). The van der Waals surface area contributed by atoms with E-state index in [-0.39, 0.29) is 23.9 Å². The Morgan fingerprint density at radius 1 is 1.19 bits per heavy atom. The summed E-state index contributed by atoms with van der Waals surface area (Å²) in [6.45, 7) is 0.515. The van der Waals surface area contributed by atoms with Crippen LogP contribution < -0.4 is 4.98 Å². The summed E-state index contributed by atoms with van der Waals surface area (Å²) in [5, 5.41) is 19.8. The van der Waals surface area contributed by atoms with E-state index in [1.54, 1.807) is 53.4 Å². The molecular weight excluding hydrogens is 521 g/mol. The summed E-state index contributed by atoms with van der Waals surface area (Å²) in [6, 6.07) is 9.10. The van der Waals surface area contributed by atoms with Crippen molar-refractivity contribution >= 4 is 28.9 Å². The predicted octanol–water partition coefficient (Wildman–Crippen LogP) is 4.87. The van der Waals surface area contributed by atoms with Crippen LogP contribution in [0.3, 0.4) is 0 Å². The predicted molar refractivity (Wildman–Crippen MR) is 123 cm³/mol. The summed E-state index contributed by atoms with van der Waals surface area (Å²) >= 11 is 1.51. The Bertz CT molecular complexity index is 1300. The number of nitrogens with zero attached hydrogens (tertiary/aromatic N) is 2. The van der Waals surface area contributed by atoms with Crippen LogP contribution in [0.1, 0.15) is 22.2 Å². The van der Waals surface area contributed by atoms with Crippen LogP contribution >= 0.6 is 11.3 Å². The van der Waals surface area contributed by atoms with Gasteiger partial charge < -0.3 is 20.0 Å². The van der Waals surface area contributed by atoms with Crippen molar-refractivity contribution in [2.75, 3.05) is 13.6 Å². The molecule has 2 aromatic carbocycles. The van der Waals surface area contributed by atoms with Gasteiger partial charge >= 0.3 is 18.2 Å². The fourth-order valence-corrected chi connectivity index (χ4v) is 4.27. The third kappa shape index (κ3) is 7.03. The van der Waals surface area contributed by atoms with Gasteiger partial charge in [-0.15, -0.1) is 0 Å². The minimum Gasteiger partial charge on any atom is -0.508 e. The number of alkyl halides is 3. The molecule has 0 saturated heterocycles. The number of carboxylic acid groups (broad SMARTS) is 1. The van der Waals surface area contributed by atoms with E-state index < -0.39 is 29.8 Å². The first-order valence-electron chi connectivity index (χ1n) is 10.6. The summed E-state index contributed by atoms with van der Waals surface area (Å²) in [5.74, 6) is -3.78. The Balaban J connectivity index is 0.000000479. The summed E-state index contributed by atoms with van der Waals surface area (Å²) in [4.78, 5) is 28.4. The number of halogens is 5. The summed E-state index contributed by atoms with van der Waals surface area (Å²) in [7, 11) is 1.69. The number of benzene rings is 2. The Labute approximate surface area is 211 Å². The van der Waals surface area contributed by atoms with E-state index in [1.165, 1.54) is 11.3 Å². The molecule has 1 atom stereocenters.